The Morgan fingerprint density at radius 2 is 1.89 bits per heavy atom. The number of nitrogens with zero attached hydrogens (tertiary/aromatic N) is 3. The van der Waals surface area contributed by atoms with Crippen LogP contribution in [-0.4, -0.2) is 55.0 Å². The van der Waals surface area contributed by atoms with Gasteiger partial charge >= 0.3 is 0 Å². The van der Waals surface area contributed by atoms with E-state index in [1.165, 1.54) is 6.26 Å². The Labute approximate surface area is 114 Å². The second-order valence-electron chi connectivity index (χ2n) is 5.62. The molecule has 0 bridgehead atoms. The van der Waals surface area contributed by atoms with Crippen LogP contribution in [0.1, 0.15) is 5.69 Å². The third-order valence-electron chi connectivity index (χ3n) is 4.11. The van der Waals surface area contributed by atoms with Gasteiger partial charge in [0.25, 0.3) is 0 Å². The van der Waals surface area contributed by atoms with E-state index in [1.54, 1.807) is 4.31 Å². The van der Waals surface area contributed by atoms with Crippen LogP contribution in [0.2, 0.25) is 0 Å². The molecule has 0 radical (unpaired) electrons. The maximum atomic E-state index is 11.5. The molecule has 0 aliphatic carbocycles. The van der Waals surface area contributed by atoms with Gasteiger partial charge in [-0.2, -0.15) is 0 Å². The maximum Gasteiger partial charge on any atom is 0.211 e. The molecule has 3 heterocycles. The Hall–Kier alpha value is -0.980. The zero-order chi connectivity index (χ0) is 13.5. The van der Waals surface area contributed by atoms with Gasteiger partial charge in [0, 0.05) is 38.9 Å². The molecule has 1 aromatic heterocycles. The Morgan fingerprint density at radius 1 is 1.21 bits per heavy atom. The summed E-state index contributed by atoms with van der Waals surface area (Å²) in [6.07, 6.45) is 3.12. The van der Waals surface area contributed by atoms with Gasteiger partial charge in [0.2, 0.25) is 10.0 Å². The SMILES string of the molecule is CS(=O)(=O)N1C[C@H]2CN(Cc3ccccn3)C[C@H]2C1. The second kappa shape index (κ2) is 4.85. The van der Waals surface area contributed by atoms with Crippen molar-refractivity contribution < 1.29 is 8.42 Å². The summed E-state index contributed by atoms with van der Waals surface area (Å²) < 4.78 is 24.7. The van der Waals surface area contributed by atoms with Crippen LogP contribution in [0.5, 0.6) is 0 Å². The highest BCUT2D eigenvalue weighted by atomic mass is 32.2. The van der Waals surface area contributed by atoms with E-state index in [-0.39, 0.29) is 0 Å². The Kier molecular flexibility index (Phi) is 3.32. The fraction of sp³-hybridized carbons (Fsp3) is 0.615. The van der Waals surface area contributed by atoms with E-state index in [0.717, 1.165) is 25.3 Å². The monoisotopic (exact) mass is 281 g/mol. The summed E-state index contributed by atoms with van der Waals surface area (Å²) >= 11 is 0. The summed E-state index contributed by atoms with van der Waals surface area (Å²) in [6, 6.07) is 5.97. The van der Waals surface area contributed by atoms with Gasteiger partial charge < -0.3 is 0 Å². The van der Waals surface area contributed by atoms with Crippen LogP contribution in [0.3, 0.4) is 0 Å². The zero-order valence-corrected chi connectivity index (χ0v) is 11.9. The van der Waals surface area contributed by atoms with Crippen LogP contribution in [0.25, 0.3) is 0 Å². The molecular formula is C13H19N3O2S. The molecule has 2 fully saturated rings. The topological polar surface area (TPSA) is 53.5 Å². The minimum atomic E-state index is -3.02. The van der Waals surface area contributed by atoms with E-state index >= 15 is 0 Å². The minimum absolute atomic E-state index is 0.485. The quantitative estimate of drug-likeness (QED) is 0.805. The number of hydrogen-bond donors (Lipinski definition) is 0. The predicted molar refractivity (Wildman–Crippen MR) is 72.9 cm³/mol. The lowest BCUT2D eigenvalue weighted by atomic mass is 10.0. The van der Waals surface area contributed by atoms with Gasteiger partial charge in [-0.1, -0.05) is 6.07 Å². The average Bonchev–Trinajstić information content (AvgIpc) is 2.87. The Balaban J connectivity index is 1.60. The molecule has 0 aromatic carbocycles. The van der Waals surface area contributed by atoms with E-state index in [1.807, 2.05) is 24.4 Å². The van der Waals surface area contributed by atoms with Gasteiger partial charge in [0.1, 0.15) is 0 Å². The summed E-state index contributed by atoms with van der Waals surface area (Å²) in [7, 11) is -3.02. The van der Waals surface area contributed by atoms with Crippen molar-refractivity contribution in [3.05, 3.63) is 30.1 Å². The summed E-state index contributed by atoms with van der Waals surface area (Å²) in [5, 5.41) is 0. The number of rotatable bonds is 3. The number of fused-ring (bicyclic) bond motifs is 1. The minimum Gasteiger partial charge on any atom is -0.297 e. The first kappa shape index (κ1) is 13.0. The van der Waals surface area contributed by atoms with E-state index < -0.39 is 10.0 Å². The van der Waals surface area contributed by atoms with Crippen molar-refractivity contribution in [2.75, 3.05) is 32.4 Å². The van der Waals surface area contributed by atoms with Gasteiger partial charge in [-0.15, -0.1) is 0 Å². The van der Waals surface area contributed by atoms with Crippen LogP contribution in [0.4, 0.5) is 0 Å². The Morgan fingerprint density at radius 3 is 2.42 bits per heavy atom. The molecule has 2 atom stereocenters. The number of likely N-dealkylation sites (tertiary alicyclic amines) is 1. The predicted octanol–water partition coefficient (Wildman–Crippen LogP) is 0.405. The molecule has 2 aliphatic rings. The summed E-state index contributed by atoms with van der Waals surface area (Å²) in [6.45, 7) is 4.19. The van der Waals surface area contributed by atoms with Crippen LogP contribution in [-0.2, 0) is 16.6 Å². The standard InChI is InChI=1S/C13H19N3O2S/c1-19(17,18)16-8-11-6-15(7-12(11)9-16)10-13-4-2-3-5-14-13/h2-5,11-12H,6-10H2,1H3/t11-,12+. The van der Waals surface area contributed by atoms with E-state index in [9.17, 15) is 8.42 Å². The highest BCUT2D eigenvalue weighted by Crippen LogP contribution is 2.32. The molecule has 3 rings (SSSR count). The summed E-state index contributed by atoms with van der Waals surface area (Å²) in [5.41, 5.74) is 1.09. The number of hydrogen-bond acceptors (Lipinski definition) is 4. The largest absolute Gasteiger partial charge is 0.297 e. The Bertz CT molecular complexity index is 532. The van der Waals surface area contributed by atoms with E-state index in [4.69, 9.17) is 0 Å². The van der Waals surface area contributed by atoms with Gasteiger partial charge in [-0.05, 0) is 24.0 Å². The van der Waals surface area contributed by atoms with Crippen molar-refractivity contribution in [3.8, 4) is 0 Å². The molecule has 104 valence electrons. The summed E-state index contributed by atoms with van der Waals surface area (Å²) in [5.74, 6) is 0.969. The van der Waals surface area contributed by atoms with Crippen molar-refractivity contribution >= 4 is 10.0 Å². The lowest BCUT2D eigenvalue weighted by Crippen LogP contribution is -2.32. The lowest BCUT2D eigenvalue weighted by Gasteiger charge is -2.19. The third-order valence-corrected chi connectivity index (χ3v) is 5.35. The molecule has 6 heteroatoms. The smallest absolute Gasteiger partial charge is 0.211 e. The molecule has 0 unspecified atom stereocenters. The highest BCUT2D eigenvalue weighted by molar-refractivity contribution is 7.88. The van der Waals surface area contributed by atoms with Gasteiger partial charge in [-0.25, -0.2) is 12.7 Å². The van der Waals surface area contributed by atoms with Gasteiger partial charge in [0.15, 0.2) is 0 Å². The van der Waals surface area contributed by atoms with E-state index in [2.05, 4.69) is 9.88 Å². The van der Waals surface area contributed by atoms with Crippen LogP contribution < -0.4 is 0 Å². The van der Waals surface area contributed by atoms with E-state index in [0.29, 0.717) is 24.9 Å². The highest BCUT2D eigenvalue weighted by Gasteiger charge is 2.42. The second-order valence-corrected chi connectivity index (χ2v) is 7.60. The average molecular weight is 281 g/mol. The molecule has 2 aliphatic heterocycles. The molecule has 0 saturated carbocycles. The van der Waals surface area contributed by atoms with Crippen LogP contribution >= 0.6 is 0 Å². The van der Waals surface area contributed by atoms with Crippen molar-refractivity contribution in [3.63, 3.8) is 0 Å². The molecule has 2 saturated heterocycles. The lowest BCUT2D eigenvalue weighted by molar-refractivity contribution is 0.287. The fourth-order valence-corrected chi connectivity index (χ4v) is 4.09. The first-order valence-electron chi connectivity index (χ1n) is 6.60. The molecule has 19 heavy (non-hydrogen) atoms. The van der Waals surface area contributed by atoms with Gasteiger partial charge in [-0.3, -0.25) is 9.88 Å². The first-order chi connectivity index (χ1) is 9.02. The zero-order valence-electron chi connectivity index (χ0n) is 11.1. The normalized spacial score (nSPS) is 28.7. The third kappa shape index (κ3) is 2.80. The molecule has 0 amide bonds. The maximum absolute atomic E-state index is 11.5. The van der Waals surface area contributed by atoms with Crippen molar-refractivity contribution in [2.24, 2.45) is 11.8 Å². The fourth-order valence-electron chi connectivity index (χ4n) is 3.17. The number of sulfonamides is 1. The van der Waals surface area contributed by atoms with Crippen molar-refractivity contribution in [1.29, 1.82) is 0 Å². The molecule has 1 aromatic rings. The van der Waals surface area contributed by atoms with Gasteiger partial charge in [0.05, 0.1) is 11.9 Å². The summed E-state index contributed by atoms with van der Waals surface area (Å²) in [4.78, 5) is 6.73. The van der Waals surface area contributed by atoms with Crippen LogP contribution in [0.15, 0.2) is 24.4 Å². The first-order valence-corrected chi connectivity index (χ1v) is 8.44. The van der Waals surface area contributed by atoms with Crippen molar-refractivity contribution in [1.82, 2.24) is 14.2 Å². The molecule has 5 nitrogen and oxygen atoms in total. The number of aromatic nitrogens is 1. The van der Waals surface area contributed by atoms with Crippen LogP contribution in [0, 0.1) is 11.8 Å². The molecule has 0 N–H and O–H groups in total. The van der Waals surface area contributed by atoms with Crippen molar-refractivity contribution in [2.45, 2.75) is 6.54 Å². The molecular weight excluding hydrogens is 262 g/mol. The number of pyridine rings is 1. The molecule has 0 spiro atoms.